The molecular formula is C15H17FN6O. The Balaban J connectivity index is 2.35. The van der Waals surface area contributed by atoms with Crippen LogP contribution in [0.5, 0.6) is 0 Å². The minimum Gasteiger partial charge on any atom is -0.390 e. The number of halogens is 1. The Morgan fingerprint density at radius 2 is 2.30 bits per heavy atom. The fourth-order valence-electron chi connectivity index (χ4n) is 3.10. The summed E-state index contributed by atoms with van der Waals surface area (Å²) < 4.78 is 13.8. The van der Waals surface area contributed by atoms with Crippen molar-refractivity contribution in [2.24, 2.45) is 15.7 Å². The summed E-state index contributed by atoms with van der Waals surface area (Å²) in [4.78, 5) is 20.3. The smallest absolute Gasteiger partial charge is 0.272 e. The van der Waals surface area contributed by atoms with E-state index < -0.39 is 11.4 Å². The molecule has 0 radical (unpaired) electrons. The third kappa shape index (κ3) is 2.36. The molecule has 120 valence electrons. The van der Waals surface area contributed by atoms with Crippen molar-refractivity contribution in [2.45, 2.75) is 25.3 Å². The van der Waals surface area contributed by atoms with Crippen LogP contribution in [0.1, 0.15) is 25.0 Å². The number of nitrogens with two attached hydrogens (primary N) is 1. The van der Waals surface area contributed by atoms with Crippen molar-refractivity contribution in [3.8, 4) is 0 Å². The minimum absolute atomic E-state index is 0.0895. The summed E-state index contributed by atoms with van der Waals surface area (Å²) in [6, 6.07) is 2.50. The summed E-state index contributed by atoms with van der Waals surface area (Å²) in [5.41, 5.74) is 6.16. The summed E-state index contributed by atoms with van der Waals surface area (Å²) >= 11 is 0. The summed E-state index contributed by atoms with van der Waals surface area (Å²) in [5.74, 6) is -0.259. The van der Waals surface area contributed by atoms with Crippen LogP contribution in [0.3, 0.4) is 0 Å². The van der Waals surface area contributed by atoms with Gasteiger partial charge in [0.15, 0.2) is 0 Å². The van der Waals surface area contributed by atoms with Crippen molar-refractivity contribution in [2.75, 3.05) is 12.4 Å². The zero-order valence-electron chi connectivity index (χ0n) is 12.8. The highest BCUT2D eigenvalue weighted by Gasteiger charge is 2.35. The number of amidine groups is 1. The number of hydrogen-bond donors (Lipinski definition) is 3. The molecule has 0 fully saturated rings. The van der Waals surface area contributed by atoms with E-state index in [4.69, 9.17) is 5.73 Å². The predicted octanol–water partition coefficient (Wildman–Crippen LogP) is 1.37. The molecule has 2 atom stereocenters. The highest BCUT2D eigenvalue weighted by molar-refractivity contribution is 6.03. The lowest BCUT2D eigenvalue weighted by atomic mass is 9.85. The number of aliphatic imine (C=N–C) groups is 2. The monoisotopic (exact) mass is 316 g/mol. The van der Waals surface area contributed by atoms with Crippen LogP contribution in [0.25, 0.3) is 10.8 Å². The Hall–Kier alpha value is -2.77. The SMILES string of the molecule is CCC1Nc2cc(F)cc3c(=O)[nH]nc(c23)C1C(N=CN)=NC. The van der Waals surface area contributed by atoms with E-state index in [1.165, 1.54) is 18.5 Å². The average molecular weight is 316 g/mol. The summed E-state index contributed by atoms with van der Waals surface area (Å²) in [7, 11) is 1.62. The Morgan fingerprint density at radius 3 is 2.96 bits per heavy atom. The van der Waals surface area contributed by atoms with Gasteiger partial charge in [0.05, 0.1) is 23.3 Å². The summed E-state index contributed by atoms with van der Waals surface area (Å²) in [5, 5.41) is 10.8. The number of anilines is 1. The molecule has 0 bridgehead atoms. The quantitative estimate of drug-likeness (QED) is 0.574. The molecule has 0 amide bonds. The second kappa shape index (κ2) is 5.79. The summed E-state index contributed by atoms with van der Waals surface area (Å²) in [6.45, 7) is 2.00. The number of rotatable bonds is 2. The van der Waals surface area contributed by atoms with E-state index in [0.29, 0.717) is 22.6 Å². The van der Waals surface area contributed by atoms with Crippen LogP contribution in [0, 0.1) is 5.82 Å². The number of nitrogens with one attached hydrogen (secondary N) is 2. The van der Waals surface area contributed by atoms with Gasteiger partial charge in [0.1, 0.15) is 11.7 Å². The first kappa shape index (κ1) is 15.1. The van der Waals surface area contributed by atoms with Crippen LogP contribution < -0.4 is 16.6 Å². The molecular weight excluding hydrogens is 299 g/mol. The zero-order chi connectivity index (χ0) is 16.6. The van der Waals surface area contributed by atoms with Gasteiger partial charge in [-0.1, -0.05) is 6.92 Å². The number of H-pyrrole nitrogens is 1. The van der Waals surface area contributed by atoms with E-state index in [9.17, 15) is 9.18 Å². The van der Waals surface area contributed by atoms with Crippen LogP contribution in [0.4, 0.5) is 10.1 Å². The van der Waals surface area contributed by atoms with E-state index in [0.717, 1.165) is 6.42 Å². The van der Waals surface area contributed by atoms with Gasteiger partial charge in [-0.3, -0.25) is 9.79 Å². The molecule has 1 aliphatic rings. The first-order valence-electron chi connectivity index (χ1n) is 7.30. The second-order valence-corrected chi connectivity index (χ2v) is 5.31. The first-order chi connectivity index (χ1) is 11.1. The number of aromatic amines is 1. The van der Waals surface area contributed by atoms with Gasteiger partial charge in [-0.05, 0) is 18.6 Å². The number of nitrogens with zero attached hydrogens (tertiary/aromatic N) is 3. The van der Waals surface area contributed by atoms with Gasteiger partial charge in [0.2, 0.25) is 0 Å². The minimum atomic E-state index is -0.472. The maximum atomic E-state index is 13.8. The standard InChI is InChI=1S/C15H17FN6O/c1-3-9-12(14(18-2)19-6-17)13-11-8(15(23)22-21-13)4-7(16)5-10(11)20-9/h4-6,9,12,20H,3H2,1-2H3,(H,22,23)(H2,17,18,19). The molecule has 0 saturated carbocycles. The van der Waals surface area contributed by atoms with Crippen molar-refractivity contribution in [1.29, 1.82) is 0 Å². The van der Waals surface area contributed by atoms with Crippen LogP contribution in [0.2, 0.25) is 0 Å². The molecule has 0 saturated heterocycles. The molecule has 0 aliphatic carbocycles. The van der Waals surface area contributed by atoms with Gasteiger partial charge < -0.3 is 11.1 Å². The van der Waals surface area contributed by atoms with Gasteiger partial charge in [-0.25, -0.2) is 14.5 Å². The molecule has 1 aliphatic heterocycles. The molecule has 1 aromatic carbocycles. The van der Waals surface area contributed by atoms with E-state index >= 15 is 0 Å². The van der Waals surface area contributed by atoms with Gasteiger partial charge >= 0.3 is 0 Å². The molecule has 0 spiro atoms. The fourth-order valence-corrected chi connectivity index (χ4v) is 3.10. The van der Waals surface area contributed by atoms with Crippen molar-refractivity contribution < 1.29 is 4.39 Å². The summed E-state index contributed by atoms with van der Waals surface area (Å²) in [6.07, 6.45) is 1.92. The average Bonchev–Trinajstić information content (AvgIpc) is 2.55. The van der Waals surface area contributed by atoms with Gasteiger partial charge in [0, 0.05) is 24.2 Å². The normalized spacial score (nSPS) is 20.9. The molecule has 2 unspecified atom stereocenters. The first-order valence-corrected chi connectivity index (χ1v) is 7.30. The van der Waals surface area contributed by atoms with Gasteiger partial charge in [-0.2, -0.15) is 5.10 Å². The van der Waals surface area contributed by atoms with Crippen molar-refractivity contribution in [3.63, 3.8) is 0 Å². The number of benzene rings is 1. The third-order valence-electron chi connectivity index (χ3n) is 4.07. The zero-order valence-corrected chi connectivity index (χ0v) is 12.8. The van der Waals surface area contributed by atoms with Crippen LogP contribution >= 0.6 is 0 Å². The molecule has 3 rings (SSSR count). The largest absolute Gasteiger partial charge is 0.390 e. The lowest BCUT2D eigenvalue weighted by Gasteiger charge is -2.32. The molecule has 2 aromatic rings. The lowest BCUT2D eigenvalue weighted by Crippen LogP contribution is -2.37. The highest BCUT2D eigenvalue weighted by atomic mass is 19.1. The maximum Gasteiger partial charge on any atom is 0.272 e. The Bertz CT molecular complexity index is 872. The molecule has 23 heavy (non-hydrogen) atoms. The molecule has 8 heteroatoms. The van der Waals surface area contributed by atoms with Crippen molar-refractivity contribution in [1.82, 2.24) is 10.2 Å². The van der Waals surface area contributed by atoms with Crippen LogP contribution in [-0.2, 0) is 0 Å². The fraction of sp³-hybridized carbons (Fsp3) is 0.333. The number of aromatic nitrogens is 2. The molecule has 7 nitrogen and oxygen atoms in total. The van der Waals surface area contributed by atoms with E-state index in [1.54, 1.807) is 7.05 Å². The van der Waals surface area contributed by atoms with Crippen LogP contribution in [0.15, 0.2) is 26.9 Å². The van der Waals surface area contributed by atoms with Crippen LogP contribution in [-0.4, -0.2) is 35.5 Å². The second-order valence-electron chi connectivity index (χ2n) is 5.31. The lowest BCUT2D eigenvalue weighted by molar-refractivity contribution is 0.612. The maximum absolute atomic E-state index is 13.8. The highest BCUT2D eigenvalue weighted by Crippen LogP contribution is 2.38. The van der Waals surface area contributed by atoms with Crippen molar-refractivity contribution in [3.05, 3.63) is 34.0 Å². The third-order valence-corrected chi connectivity index (χ3v) is 4.07. The van der Waals surface area contributed by atoms with E-state index in [2.05, 4.69) is 25.5 Å². The molecule has 1 aromatic heterocycles. The van der Waals surface area contributed by atoms with Gasteiger partial charge in [0.25, 0.3) is 5.56 Å². The number of hydrogen-bond acceptors (Lipinski definition) is 4. The van der Waals surface area contributed by atoms with Gasteiger partial charge in [-0.15, -0.1) is 0 Å². The predicted molar refractivity (Wildman–Crippen MR) is 88.8 cm³/mol. The molecule has 2 heterocycles. The van der Waals surface area contributed by atoms with E-state index in [-0.39, 0.29) is 17.3 Å². The Labute approximate surface area is 131 Å². The topological polar surface area (TPSA) is 109 Å². The molecule has 4 N–H and O–H groups in total. The Morgan fingerprint density at radius 1 is 1.52 bits per heavy atom. The Kier molecular flexibility index (Phi) is 3.81. The van der Waals surface area contributed by atoms with E-state index in [1.807, 2.05) is 6.92 Å². The van der Waals surface area contributed by atoms with Crippen molar-refractivity contribution >= 4 is 28.6 Å².